The molecule has 2 unspecified atom stereocenters. The van der Waals surface area contributed by atoms with Crippen LogP contribution in [0.3, 0.4) is 0 Å². The Hall–Kier alpha value is -2.21. The second-order valence-electron chi connectivity index (χ2n) is 9.04. The largest absolute Gasteiger partial charge is 0.353 e. The van der Waals surface area contributed by atoms with Gasteiger partial charge in [0.05, 0.1) is 5.92 Å². The number of benzene rings is 1. The van der Waals surface area contributed by atoms with Gasteiger partial charge in [-0.2, -0.15) is 0 Å². The van der Waals surface area contributed by atoms with E-state index < -0.39 is 5.92 Å². The number of para-hydroxylation sites is 1. The zero-order valence-corrected chi connectivity index (χ0v) is 20.9. The Morgan fingerprint density at radius 2 is 1.79 bits per heavy atom. The van der Waals surface area contributed by atoms with Gasteiger partial charge >= 0.3 is 0 Å². The van der Waals surface area contributed by atoms with E-state index in [0.717, 1.165) is 31.6 Å². The number of aldehydes is 1. The number of rotatable bonds is 13. The van der Waals surface area contributed by atoms with Gasteiger partial charge in [0, 0.05) is 24.6 Å². The van der Waals surface area contributed by atoms with Crippen LogP contribution in [-0.2, 0) is 14.4 Å². The molecule has 2 atom stereocenters. The van der Waals surface area contributed by atoms with Crippen LogP contribution in [-0.4, -0.2) is 37.7 Å². The van der Waals surface area contributed by atoms with Crippen LogP contribution in [0.15, 0.2) is 30.3 Å². The van der Waals surface area contributed by atoms with Crippen LogP contribution in [0.25, 0.3) is 0 Å². The maximum atomic E-state index is 12.3. The number of anilines is 1. The minimum Gasteiger partial charge on any atom is -0.353 e. The lowest BCUT2D eigenvalue weighted by Gasteiger charge is -2.25. The highest BCUT2D eigenvalue weighted by Crippen LogP contribution is 2.19. The van der Waals surface area contributed by atoms with Crippen molar-refractivity contribution >= 4 is 23.8 Å². The van der Waals surface area contributed by atoms with E-state index in [0.29, 0.717) is 12.0 Å². The number of amides is 2. The fourth-order valence-electron chi connectivity index (χ4n) is 4.15. The normalized spacial score (nSPS) is 15.5. The van der Waals surface area contributed by atoms with E-state index in [1.807, 2.05) is 25.2 Å². The molecule has 1 aromatic carbocycles. The second kappa shape index (κ2) is 18.2. The lowest BCUT2D eigenvalue weighted by Crippen LogP contribution is -2.41. The van der Waals surface area contributed by atoms with E-state index in [2.05, 4.69) is 29.8 Å². The van der Waals surface area contributed by atoms with E-state index in [1.165, 1.54) is 38.6 Å². The van der Waals surface area contributed by atoms with Crippen molar-refractivity contribution in [3.63, 3.8) is 0 Å². The quantitative estimate of drug-likeness (QED) is 0.359. The first-order valence-electron chi connectivity index (χ1n) is 12.8. The Morgan fingerprint density at radius 1 is 1.09 bits per heavy atom. The van der Waals surface area contributed by atoms with Gasteiger partial charge in [-0.1, -0.05) is 70.6 Å². The van der Waals surface area contributed by atoms with E-state index in [-0.39, 0.29) is 30.7 Å². The molecule has 6 nitrogen and oxygen atoms in total. The SMILES string of the molecule is CCCCC(CC)CNC.O=CCC(CC(=O)Nc1ccccc1)C(=O)NC1CCCCC1. The average molecular weight is 460 g/mol. The topological polar surface area (TPSA) is 87.3 Å². The van der Waals surface area contributed by atoms with Gasteiger partial charge in [-0.25, -0.2) is 0 Å². The Bertz CT molecular complexity index is 660. The molecule has 2 rings (SSSR count). The average Bonchev–Trinajstić information content (AvgIpc) is 2.83. The summed E-state index contributed by atoms with van der Waals surface area (Å²) in [5.74, 6) is -0.128. The van der Waals surface area contributed by atoms with Crippen LogP contribution in [0.5, 0.6) is 0 Å². The molecule has 0 spiro atoms. The zero-order chi connectivity index (χ0) is 24.3. The van der Waals surface area contributed by atoms with Crippen molar-refractivity contribution in [3.05, 3.63) is 30.3 Å². The van der Waals surface area contributed by atoms with E-state index in [1.54, 1.807) is 12.1 Å². The second-order valence-corrected chi connectivity index (χ2v) is 9.04. The van der Waals surface area contributed by atoms with Crippen LogP contribution < -0.4 is 16.0 Å². The summed E-state index contributed by atoms with van der Waals surface area (Å²) >= 11 is 0. The minimum absolute atomic E-state index is 0.0200. The maximum absolute atomic E-state index is 12.3. The van der Waals surface area contributed by atoms with Crippen molar-refractivity contribution in [2.75, 3.05) is 18.9 Å². The highest BCUT2D eigenvalue weighted by atomic mass is 16.2. The van der Waals surface area contributed by atoms with Crippen molar-refractivity contribution in [2.45, 2.75) is 90.5 Å². The van der Waals surface area contributed by atoms with E-state index in [9.17, 15) is 14.4 Å². The summed E-state index contributed by atoms with van der Waals surface area (Å²) in [6, 6.07) is 9.27. The third-order valence-corrected chi connectivity index (χ3v) is 6.23. The lowest BCUT2D eigenvalue weighted by atomic mass is 9.94. The fourth-order valence-corrected chi connectivity index (χ4v) is 4.15. The van der Waals surface area contributed by atoms with Crippen LogP contribution in [0.4, 0.5) is 5.69 Å². The molecule has 2 amide bonds. The van der Waals surface area contributed by atoms with Crippen LogP contribution in [0, 0.1) is 11.8 Å². The molecular weight excluding hydrogens is 414 g/mol. The van der Waals surface area contributed by atoms with Crippen LogP contribution >= 0.6 is 0 Å². The highest BCUT2D eigenvalue weighted by molar-refractivity contribution is 5.94. The highest BCUT2D eigenvalue weighted by Gasteiger charge is 2.24. The summed E-state index contributed by atoms with van der Waals surface area (Å²) in [4.78, 5) is 35.3. The molecule has 6 heteroatoms. The molecule has 0 aliphatic heterocycles. The maximum Gasteiger partial charge on any atom is 0.225 e. The minimum atomic E-state index is -0.599. The molecule has 0 radical (unpaired) electrons. The number of unbranched alkanes of at least 4 members (excludes halogenated alkanes) is 1. The van der Waals surface area contributed by atoms with Gasteiger partial charge in [-0.05, 0) is 50.9 Å². The van der Waals surface area contributed by atoms with Gasteiger partial charge in [0.15, 0.2) is 0 Å². The van der Waals surface area contributed by atoms with Gasteiger partial charge in [0.25, 0.3) is 0 Å². The number of hydrogen-bond donors (Lipinski definition) is 3. The monoisotopic (exact) mass is 459 g/mol. The molecule has 1 aromatic rings. The predicted octanol–water partition coefficient (Wildman–Crippen LogP) is 5.09. The summed E-state index contributed by atoms with van der Waals surface area (Å²) in [5.41, 5.74) is 0.690. The Balaban J connectivity index is 0.000000461. The fraction of sp³-hybridized carbons (Fsp3) is 0.667. The smallest absolute Gasteiger partial charge is 0.225 e. The number of hydrogen-bond acceptors (Lipinski definition) is 4. The van der Waals surface area contributed by atoms with Gasteiger partial charge in [-0.3, -0.25) is 9.59 Å². The number of carbonyl (C=O) groups excluding carboxylic acids is 3. The third kappa shape index (κ3) is 13.2. The molecule has 0 heterocycles. The van der Waals surface area contributed by atoms with Crippen molar-refractivity contribution in [1.29, 1.82) is 0 Å². The molecule has 186 valence electrons. The van der Waals surface area contributed by atoms with Gasteiger partial charge in [0.2, 0.25) is 11.8 Å². The van der Waals surface area contributed by atoms with E-state index >= 15 is 0 Å². The van der Waals surface area contributed by atoms with Crippen LogP contribution in [0.2, 0.25) is 0 Å². The Labute approximate surface area is 200 Å². The summed E-state index contributed by atoms with van der Waals surface area (Å²) in [5, 5.41) is 8.98. The standard InChI is InChI=1S/C18H24N2O3.C9H21N/c21-12-11-14(18(23)20-16-9-5-2-6-10-16)13-17(22)19-15-7-3-1-4-8-15;1-4-6-7-9(5-2)8-10-3/h1,3-4,7-8,12,14,16H,2,5-6,9-11,13H2,(H,19,22)(H,20,23);9-10H,4-8H2,1-3H3. The molecule has 1 aliphatic carbocycles. The lowest BCUT2D eigenvalue weighted by molar-refractivity contribution is -0.130. The van der Waals surface area contributed by atoms with E-state index in [4.69, 9.17) is 0 Å². The van der Waals surface area contributed by atoms with Crippen LogP contribution in [0.1, 0.15) is 84.5 Å². The molecule has 0 bridgehead atoms. The molecule has 33 heavy (non-hydrogen) atoms. The molecule has 0 saturated heterocycles. The molecule has 1 saturated carbocycles. The number of carbonyl (C=O) groups is 3. The summed E-state index contributed by atoms with van der Waals surface area (Å²) in [7, 11) is 2.04. The van der Waals surface area contributed by atoms with Gasteiger partial charge in [-0.15, -0.1) is 0 Å². The first-order valence-corrected chi connectivity index (χ1v) is 12.8. The third-order valence-electron chi connectivity index (χ3n) is 6.23. The molecular formula is C27H45N3O3. The van der Waals surface area contributed by atoms with Crippen molar-refractivity contribution < 1.29 is 14.4 Å². The van der Waals surface area contributed by atoms with Crippen molar-refractivity contribution in [1.82, 2.24) is 10.6 Å². The van der Waals surface area contributed by atoms with Crippen molar-refractivity contribution in [2.24, 2.45) is 11.8 Å². The molecule has 1 fully saturated rings. The summed E-state index contributed by atoms with van der Waals surface area (Å²) < 4.78 is 0. The Kier molecular flexibility index (Phi) is 15.9. The van der Waals surface area contributed by atoms with Gasteiger partial charge in [0.1, 0.15) is 6.29 Å². The summed E-state index contributed by atoms with van der Waals surface area (Å²) in [6.07, 6.45) is 11.7. The predicted molar refractivity (Wildman–Crippen MR) is 136 cm³/mol. The first kappa shape index (κ1) is 28.8. The zero-order valence-electron chi connectivity index (χ0n) is 20.9. The molecule has 3 N–H and O–H groups in total. The summed E-state index contributed by atoms with van der Waals surface area (Å²) in [6.45, 7) is 5.72. The van der Waals surface area contributed by atoms with Crippen molar-refractivity contribution in [3.8, 4) is 0 Å². The number of nitrogens with one attached hydrogen (secondary N) is 3. The Morgan fingerprint density at radius 3 is 2.36 bits per heavy atom. The molecule has 0 aromatic heterocycles. The first-order chi connectivity index (χ1) is 16.0. The molecule has 1 aliphatic rings. The van der Waals surface area contributed by atoms with Gasteiger partial charge < -0.3 is 20.7 Å².